The number of aliphatic hydroxyl groups excluding tert-OH is 1. The van der Waals surface area contributed by atoms with Crippen molar-refractivity contribution in [2.45, 2.75) is 50.1 Å². The second-order valence-corrected chi connectivity index (χ2v) is 7.39. The normalized spacial score (nSPS) is 12.4. The molecule has 0 amide bonds. The van der Waals surface area contributed by atoms with E-state index in [1.54, 1.807) is 18.0 Å². The number of hydrogen-bond acceptors (Lipinski definition) is 5. The van der Waals surface area contributed by atoms with Gasteiger partial charge in [-0.05, 0) is 51.3 Å². The van der Waals surface area contributed by atoms with Gasteiger partial charge in [0.15, 0.2) is 5.16 Å². The molecule has 1 unspecified atom stereocenters. The molecule has 0 saturated carbocycles. The molecule has 0 saturated heterocycles. The molecule has 0 fully saturated rings. The number of thioether (sulfide) groups is 1. The van der Waals surface area contributed by atoms with E-state index >= 15 is 0 Å². The van der Waals surface area contributed by atoms with Crippen LogP contribution in [-0.2, 0) is 5.75 Å². The molecule has 0 bridgehead atoms. The summed E-state index contributed by atoms with van der Waals surface area (Å²) in [6, 6.07) is 9.95. The third-order valence-corrected chi connectivity index (χ3v) is 5.13. The summed E-state index contributed by atoms with van der Waals surface area (Å²) in [5, 5.41) is 10.2. The molecule has 2 aromatic heterocycles. The van der Waals surface area contributed by atoms with Gasteiger partial charge in [-0.25, -0.2) is 4.98 Å². The number of H-pyrrole nitrogens is 1. The summed E-state index contributed by atoms with van der Waals surface area (Å²) in [5.74, 6) is 1.63. The Hall–Kier alpha value is -2.05. The summed E-state index contributed by atoms with van der Waals surface area (Å²) in [6.07, 6.45) is 4.29. The molecule has 1 aromatic carbocycles. The Morgan fingerprint density at radius 3 is 2.88 bits per heavy atom. The Balaban J connectivity index is 1.56. The number of benzene rings is 1. The van der Waals surface area contributed by atoms with E-state index in [4.69, 9.17) is 4.74 Å². The zero-order valence-electron chi connectivity index (χ0n) is 15.2. The monoisotopic (exact) mass is 371 g/mol. The van der Waals surface area contributed by atoms with Crippen LogP contribution in [0.3, 0.4) is 0 Å². The van der Waals surface area contributed by atoms with Gasteiger partial charge in [0, 0.05) is 17.5 Å². The van der Waals surface area contributed by atoms with E-state index in [1.165, 1.54) is 0 Å². The Kier molecular flexibility index (Phi) is 6.52. The standard InChI is InChI=1S/C20H25N3O2S/c1-14(24)7-5-6-12-25-19-10-11-21-18(15(19)2)13-26-20-22-16-8-3-4-9-17(16)23-20/h3-4,8-11,14,24H,5-7,12-13H2,1-2H3,(H,22,23). The summed E-state index contributed by atoms with van der Waals surface area (Å²) >= 11 is 1.64. The molecule has 3 rings (SSSR count). The van der Waals surface area contributed by atoms with Crippen LogP contribution < -0.4 is 4.74 Å². The van der Waals surface area contributed by atoms with Crippen molar-refractivity contribution in [1.29, 1.82) is 0 Å². The van der Waals surface area contributed by atoms with Gasteiger partial charge >= 0.3 is 0 Å². The number of rotatable bonds is 9. The number of ether oxygens (including phenoxy) is 1. The van der Waals surface area contributed by atoms with Gasteiger partial charge < -0.3 is 14.8 Å². The quantitative estimate of drug-likeness (QED) is 0.428. The molecule has 26 heavy (non-hydrogen) atoms. The molecule has 2 N–H and O–H groups in total. The molecule has 1 atom stereocenters. The molecular formula is C20H25N3O2S. The highest BCUT2D eigenvalue weighted by molar-refractivity contribution is 7.98. The van der Waals surface area contributed by atoms with Crippen LogP contribution in [0.25, 0.3) is 11.0 Å². The number of aromatic amines is 1. The van der Waals surface area contributed by atoms with Gasteiger partial charge in [-0.15, -0.1) is 0 Å². The molecule has 5 nitrogen and oxygen atoms in total. The van der Waals surface area contributed by atoms with E-state index in [9.17, 15) is 5.11 Å². The van der Waals surface area contributed by atoms with Gasteiger partial charge in [-0.3, -0.25) is 4.98 Å². The molecule has 2 heterocycles. The lowest BCUT2D eigenvalue weighted by Crippen LogP contribution is -2.04. The SMILES string of the molecule is Cc1c(OCCCCC(C)O)ccnc1CSc1nc2ccccc2[nH]1. The molecular weight excluding hydrogens is 346 g/mol. The number of nitrogens with zero attached hydrogens (tertiary/aromatic N) is 2. The highest BCUT2D eigenvalue weighted by Crippen LogP contribution is 2.27. The maximum atomic E-state index is 9.29. The maximum absolute atomic E-state index is 9.29. The van der Waals surface area contributed by atoms with Crippen LogP contribution in [0.15, 0.2) is 41.7 Å². The third kappa shape index (κ3) is 4.99. The first-order valence-electron chi connectivity index (χ1n) is 8.96. The largest absolute Gasteiger partial charge is 0.493 e. The van der Waals surface area contributed by atoms with Crippen LogP contribution in [0, 0.1) is 6.92 Å². The fourth-order valence-electron chi connectivity index (χ4n) is 2.72. The minimum Gasteiger partial charge on any atom is -0.493 e. The Morgan fingerprint density at radius 1 is 1.23 bits per heavy atom. The van der Waals surface area contributed by atoms with Crippen molar-refractivity contribution in [1.82, 2.24) is 15.0 Å². The highest BCUT2D eigenvalue weighted by atomic mass is 32.2. The second kappa shape index (κ2) is 9.05. The zero-order valence-corrected chi connectivity index (χ0v) is 16.1. The number of unbranched alkanes of at least 4 members (excludes halogenated alkanes) is 1. The summed E-state index contributed by atoms with van der Waals surface area (Å²) in [4.78, 5) is 12.4. The van der Waals surface area contributed by atoms with Crippen molar-refractivity contribution in [2.24, 2.45) is 0 Å². The molecule has 0 radical (unpaired) electrons. The Bertz CT molecular complexity index is 815. The molecule has 0 aliphatic rings. The van der Waals surface area contributed by atoms with E-state index in [0.29, 0.717) is 6.61 Å². The van der Waals surface area contributed by atoms with E-state index < -0.39 is 0 Å². The van der Waals surface area contributed by atoms with Gasteiger partial charge in [0.05, 0.1) is 29.4 Å². The molecule has 6 heteroatoms. The Labute approximate surface area is 158 Å². The van der Waals surface area contributed by atoms with Gasteiger partial charge in [-0.1, -0.05) is 23.9 Å². The van der Waals surface area contributed by atoms with Crippen LogP contribution in [0.4, 0.5) is 0 Å². The van der Waals surface area contributed by atoms with Crippen LogP contribution >= 0.6 is 11.8 Å². The molecule has 0 spiro atoms. The second-order valence-electron chi connectivity index (χ2n) is 6.42. The number of aliphatic hydroxyl groups is 1. The first-order valence-corrected chi connectivity index (χ1v) is 9.95. The van der Waals surface area contributed by atoms with Gasteiger partial charge in [0.1, 0.15) is 5.75 Å². The number of pyridine rings is 1. The molecule has 0 aliphatic heterocycles. The predicted molar refractivity (Wildman–Crippen MR) is 106 cm³/mol. The van der Waals surface area contributed by atoms with Crippen LogP contribution in [0.5, 0.6) is 5.75 Å². The van der Waals surface area contributed by atoms with Gasteiger partial charge in [-0.2, -0.15) is 0 Å². The number of nitrogens with one attached hydrogen (secondary N) is 1. The van der Waals surface area contributed by atoms with Crippen molar-refractivity contribution in [3.8, 4) is 5.75 Å². The molecule has 3 aromatic rings. The van der Waals surface area contributed by atoms with Crippen molar-refractivity contribution >= 4 is 22.8 Å². The van der Waals surface area contributed by atoms with Crippen LogP contribution in [0.2, 0.25) is 0 Å². The lowest BCUT2D eigenvalue weighted by molar-refractivity contribution is 0.177. The van der Waals surface area contributed by atoms with Crippen LogP contribution in [-0.4, -0.2) is 32.8 Å². The average molecular weight is 372 g/mol. The lowest BCUT2D eigenvalue weighted by Gasteiger charge is -2.12. The lowest BCUT2D eigenvalue weighted by atomic mass is 10.2. The zero-order chi connectivity index (χ0) is 18.4. The summed E-state index contributed by atoms with van der Waals surface area (Å²) < 4.78 is 5.90. The fourth-order valence-corrected chi connectivity index (χ4v) is 3.63. The highest BCUT2D eigenvalue weighted by Gasteiger charge is 2.09. The number of imidazole rings is 1. The van der Waals surface area contributed by atoms with E-state index in [2.05, 4.69) is 15.0 Å². The summed E-state index contributed by atoms with van der Waals surface area (Å²) in [6.45, 7) is 4.53. The van der Waals surface area contributed by atoms with Crippen molar-refractivity contribution in [2.75, 3.05) is 6.61 Å². The fraction of sp³-hybridized carbons (Fsp3) is 0.400. The van der Waals surface area contributed by atoms with Crippen LogP contribution in [0.1, 0.15) is 37.4 Å². The van der Waals surface area contributed by atoms with E-state index in [1.807, 2.05) is 44.2 Å². The molecule has 0 aliphatic carbocycles. The van der Waals surface area contributed by atoms with Crippen molar-refractivity contribution in [3.63, 3.8) is 0 Å². The minimum atomic E-state index is -0.237. The van der Waals surface area contributed by atoms with Crippen molar-refractivity contribution < 1.29 is 9.84 Å². The minimum absolute atomic E-state index is 0.237. The first kappa shape index (κ1) is 18.7. The van der Waals surface area contributed by atoms with Gasteiger partial charge in [0.2, 0.25) is 0 Å². The number of fused-ring (bicyclic) bond motifs is 1. The smallest absolute Gasteiger partial charge is 0.166 e. The maximum Gasteiger partial charge on any atom is 0.166 e. The average Bonchev–Trinajstić information content (AvgIpc) is 3.04. The van der Waals surface area contributed by atoms with E-state index in [0.717, 1.165) is 58.2 Å². The number of para-hydroxylation sites is 2. The Morgan fingerprint density at radius 2 is 2.08 bits per heavy atom. The van der Waals surface area contributed by atoms with E-state index in [-0.39, 0.29) is 6.10 Å². The third-order valence-electron chi connectivity index (χ3n) is 4.25. The predicted octanol–water partition coefficient (Wildman–Crippen LogP) is 4.49. The topological polar surface area (TPSA) is 71.0 Å². The molecule has 138 valence electrons. The number of aromatic nitrogens is 3. The number of hydrogen-bond donors (Lipinski definition) is 2. The van der Waals surface area contributed by atoms with Crippen molar-refractivity contribution in [3.05, 3.63) is 47.8 Å². The summed E-state index contributed by atoms with van der Waals surface area (Å²) in [7, 11) is 0. The first-order chi connectivity index (χ1) is 12.6. The van der Waals surface area contributed by atoms with Gasteiger partial charge in [0.25, 0.3) is 0 Å². The summed E-state index contributed by atoms with van der Waals surface area (Å²) in [5.41, 5.74) is 4.12.